The molecule has 0 saturated carbocycles. The van der Waals surface area contributed by atoms with E-state index in [0.717, 1.165) is 11.3 Å². The molecule has 0 bridgehead atoms. The van der Waals surface area contributed by atoms with E-state index in [9.17, 15) is 9.59 Å². The Morgan fingerprint density at radius 3 is 1.58 bits per heavy atom. The van der Waals surface area contributed by atoms with Gasteiger partial charge in [-0.1, -0.05) is 0 Å². The van der Waals surface area contributed by atoms with Gasteiger partial charge in [0.05, 0.1) is 0 Å². The minimum Gasteiger partial charge on any atom is -0.477 e. The quantitative estimate of drug-likeness (QED) is 0.683. The molecule has 0 spiro atoms. The van der Waals surface area contributed by atoms with Crippen LogP contribution in [0.1, 0.15) is 19.3 Å². The normalized spacial score (nSPS) is 8.67. The van der Waals surface area contributed by atoms with Crippen LogP contribution in [-0.4, -0.2) is 51.7 Å². The van der Waals surface area contributed by atoms with Crippen molar-refractivity contribution in [2.24, 2.45) is 0 Å². The topological polar surface area (TPSA) is 74.6 Å². The van der Waals surface area contributed by atoms with Crippen LogP contribution < -0.4 is 0 Å². The number of thiophene rings is 1. The molecule has 0 aliphatic rings. The van der Waals surface area contributed by atoms with Gasteiger partial charge in [0.15, 0.2) is 0 Å². The van der Waals surface area contributed by atoms with E-state index in [1.165, 1.54) is 12.1 Å². The Hall–Kier alpha value is -0.360. The molecule has 0 unspecified atom stereocenters. The second-order valence-corrected chi connectivity index (χ2v) is 2.86. The second-order valence-electron chi connectivity index (χ2n) is 1.77. The third-order valence-corrected chi connectivity index (χ3v) is 2.09. The van der Waals surface area contributed by atoms with Crippen molar-refractivity contribution in [2.45, 2.75) is 0 Å². The largest absolute Gasteiger partial charge is 0.477 e. The van der Waals surface area contributed by atoms with Gasteiger partial charge in [0.25, 0.3) is 0 Å². The van der Waals surface area contributed by atoms with Crippen molar-refractivity contribution < 1.29 is 19.8 Å². The molecule has 0 aliphatic heterocycles. The Morgan fingerprint density at radius 2 is 1.42 bits per heavy atom. The van der Waals surface area contributed by atoms with Crippen LogP contribution in [0.3, 0.4) is 0 Å². The summed E-state index contributed by atoms with van der Waals surface area (Å²) in [5, 5.41) is 16.8. The molecule has 0 saturated heterocycles. The fourth-order valence-electron chi connectivity index (χ4n) is 0.568. The summed E-state index contributed by atoms with van der Waals surface area (Å²) >= 11 is 0.750. The standard InChI is InChI=1S/C6H4O4S.Na/c7-5(8)3-1-2-4(11-3)6(9)10;/h1-2H,(H,7,8)(H,9,10);. The second kappa shape index (κ2) is 4.61. The maximum absolute atomic E-state index is 10.3. The van der Waals surface area contributed by atoms with Gasteiger partial charge in [0, 0.05) is 29.6 Å². The first-order chi connectivity index (χ1) is 5.11. The number of carboxylic acids is 2. The zero-order chi connectivity index (χ0) is 8.43. The van der Waals surface area contributed by atoms with Gasteiger partial charge in [-0.05, 0) is 12.1 Å². The minimum atomic E-state index is -1.09. The fraction of sp³-hybridized carbons (Fsp3) is 0. The van der Waals surface area contributed by atoms with Gasteiger partial charge in [0.2, 0.25) is 0 Å². The van der Waals surface area contributed by atoms with Crippen LogP contribution in [0.4, 0.5) is 0 Å². The average molecular weight is 195 g/mol. The van der Waals surface area contributed by atoms with E-state index in [1.807, 2.05) is 0 Å². The minimum absolute atomic E-state index is 0. The zero-order valence-corrected chi connectivity index (χ0v) is 9.09. The van der Waals surface area contributed by atoms with E-state index in [-0.39, 0.29) is 39.3 Å². The molecule has 0 fully saturated rings. The molecule has 1 heterocycles. The van der Waals surface area contributed by atoms with Gasteiger partial charge in [0.1, 0.15) is 9.75 Å². The van der Waals surface area contributed by atoms with Crippen LogP contribution in [-0.2, 0) is 0 Å². The molecule has 12 heavy (non-hydrogen) atoms. The van der Waals surface area contributed by atoms with E-state index in [2.05, 4.69) is 0 Å². The summed E-state index contributed by atoms with van der Waals surface area (Å²) in [5.41, 5.74) is 0. The maximum atomic E-state index is 10.3. The summed E-state index contributed by atoms with van der Waals surface area (Å²) in [6.07, 6.45) is 0. The first-order valence-corrected chi connectivity index (χ1v) is 3.49. The van der Waals surface area contributed by atoms with Crippen LogP contribution in [0, 0.1) is 0 Å². The van der Waals surface area contributed by atoms with Crippen molar-refractivity contribution in [3.63, 3.8) is 0 Å². The number of aromatic carboxylic acids is 2. The van der Waals surface area contributed by atoms with Crippen LogP contribution >= 0.6 is 11.3 Å². The third-order valence-electron chi connectivity index (χ3n) is 1.03. The predicted octanol–water partition coefficient (Wildman–Crippen LogP) is 0.764. The monoisotopic (exact) mass is 195 g/mol. The summed E-state index contributed by atoms with van der Waals surface area (Å²) < 4.78 is 0. The van der Waals surface area contributed by atoms with Gasteiger partial charge < -0.3 is 10.2 Å². The van der Waals surface area contributed by atoms with Crippen LogP contribution in [0.5, 0.6) is 0 Å². The molecule has 59 valence electrons. The molecule has 4 nitrogen and oxygen atoms in total. The van der Waals surface area contributed by atoms with Crippen molar-refractivity contribution in [1.29, 1.82) is 0 Å². The average Bonchev–Trinajstić information content (AvgIpc) is 2.33. The first-order valence-electron chi connectivity index (χ1n) is 2.67. The van der Waals surface area contributed by atoms with Crippen LogP contribution in [0.25, 0.3) is 0 Å². The summed E-state index contributed by atoms with van der Waals surface area (Å²) in [7, 11) is 0. The van der Waals surface area contributed by atoms with Gasteiger partial charge in [-0.25, -0.2) is 9.59 Å². The molecule has 0 atom stereocenters. The molecule has 0 aromatic carbocycles. The maximum Gasteiger partial charge on any atom is 0.345 e. The van der Waals surface area contributed by atoms with Gasteiger partial charge >= 0.3 is 11.9 Å². The molecule has 0 aliphatic carbocycles. The molecule has 0 amide bonds. The smallest absolute Gasteiger partial charge is 0.345 e. The number of hydrogen-bond donors (Lipinski definition) is 2. The summed E-state index contributed by atoms with van der Waals surface area (Å²) in [5.74, 6) is -2.19. The van der Waals surface area contributed by atoms with Crippen molar-refractivity contribution in [3.05, 3.63) is 21.9 Å². The van der Waals surface area contributed by atoms with E-state index >= 15 is 0 Å². The number of carbonyl (C=O) groups is 2. The van der Waals surface area contributed by atoms with Crippen molar-refractivity contribution >= 4 is 52.8 Å². The summed E-state index contributed by atoms with van der Waals surface area (Å²) in [6.45, 7) is 0. The molecule has 1 rings (SSSR count). The van der Waals surface area contributed by atoms with Gasteiger partial charge in [-0.3, -0.25) is 0 Å². The zero-order valence-electron chi connectivity index (χ0n) is 6.27. The van der Waals surface area contributed by atoms with E-state index in [0.29, 0.717) is 0 Å². The molecular formula is C6H4NaO4S. The summed E-state index contributed by atoms with van der Waals surface area (Å²) in [6, 6.07) is 2.55. The Balaban J connectivity index is 0.00000121. The molecular weight excluding hydrogens is 191 g/mol. The van der Waals surface area contributed by atoms with E-state index < -0.39 is 11.9 Å². The Morgan fingerprint density at radius 1 is 1.08 bits per heavy atom. The summed E-state index contributed by atoms with van der Waals surface area (Å²) in [4.78, 5) is 20.6. The number of rotatable bonds is 2. The Kier molecular flexibility index (Phi) is 4.47. The van der Waals surface area contributed by atoms with Gasteiger partial charge in [-0.15, -0.1) is 11.3 Å². The Bertz CT molecular complexity index is 278. The number of hydrogen-bond acceptors (Lipinski definition) is 3. The van der Waals surface area contributed by atoms with E-state index in [1.54, 1.807) is 0 Å². The SMILES string of the molecule is O=C(O)c1ccc(C(=O)O)s1.[Na]. The van der Waals surface area contributed by atoms with E-state index in [4.69, 9.17) is 10.2 Å². The third kappa shape index (κ3) is 2.60. The number of carboxylic acid groups (broad SMARTS) is 2. The Labute approximate surface area is 94.1 Å². The first kappa shape index (κ1) is 11.6. The molecule has 1 aromatic rings. The fourth-order valence-corrected chi connectivity index (χ4v) is 1.25. The molecule has 1 radical (unpaired) electrons. The van der Waals surface area contributed by atoms with Crippen molar-refractivity contribution in [2.75, 3.05) is 0 Å². The van der Waals surface area contributed by atoms with Gasteiger partial charge in [-0.2, -0.15) is 0 Å². The molecule has 2 N–H and O–H groups in total. The predicted molar refractivity (Wildman–Crippen MR) is 44.0 cm³/mol. The van der Waals surface area contributed by atoms with Crippen molar-refractivity contribution in [1.82, 2.24) is 0 Å². The van der Waals surface area contributed by atoms with Crippen molar-refractivity contribution in [3.8, 4) is 0 Å². The van der Waals surface area contributed by atoms with Crippen LogP contribution in [0.15, 0.2) is 12.1 Å². The molecule has 6 heteroatoms. The van der Waals surface area contributed by atoms with Crippen LogP contribution in [0.2, 0.25) is 0 Å². The molecule has 1 aromatic heterocycles.